The summed E-state index contributed by atoms with van der Waals surface area (Å²) in [5.74, 6) is 1.31. The molecule has 2 atom stereocenters. The fourth-order valence-corrected chi connectivity index (χ4v) is 6.49. The molecule has 0 bridgehead atoms. The fraction of sp³-hybridized carbons (Fsp3) is 0.556. The van der Waals surface area contributed by atoms with E-state index in [0.29, 0.717) is 40.9 Å². The van der Waals surface area contributed by atoms with Gasteiger partial charge in [0, 0.05) is 31.0 Å². The van der Waals surface area contributed by atoms with Crippen LogP contribution in [0.3, 0.4) is 0 Å². The molecule has 0 amide bonds. The number of hydrogen-bond acceptors (Lipinski definition) is 6. The Balaban J connectivity index is 1.57. The van der Waals surface area contributed by atoms with E-state index in [4.69, 9.17) is 21.3 Å². The van der Waals surface area contributed by atoms with Crippen molar-refractivity contribution >= 4 is 28.6 Å². The molecule has 7 nitrogen and oxygen atoms in total. The zero-order valence-corrected chi connectivity index (χ0v) is 21.2. The lowest BCUT2D eigenvalue weighted by Crippen LogP contribution is -2.49. The van der Waals surface area contributed by atoms with E-state index in [-0.39, 0.29) is 23.4 Å². The molecule has 2 aliphatic carbocycles. The van der Waals surface area contributed by atoms with E-state index in [9.17, 15) is 5.26 Å². The number of fused-ring (bicyclic) bond motifs is 2. The van der Waals surface area contributed by atoms with Crippen molar-refractivity contribution in [3.63, 3.8) is 0 Å². The number of morpholine rings is 1. The lowest BCUT2D eigenvalue weighted by atomic mass is 9.83. The first-order valence-corrected chi connectivity index (χ1v) is 13.4. The minimum atomic E-state index is -0.667. The Kier molecular flexibility index (Phi) is 6.30. The van der Waals surface area contributed by atoms with Crippen molar-refractivity contribution in [2.75, 3.05) is 18.1 Å². The number of pyridine rings is 2. The zero-order chi connectivity index (χ0) is 24.8. The van der Waals surface area contributed by atoms with E-state index in [1.807, 2.05) is 6.07 Å². The van der Waals surface area contributed by atoms with Crippen LogP contribution in [-0.4, -0.2) is 44.8 Å². The Morgan fingerprint density at radius 2 is 2.00 bits per heavy atom. The van der Waals surface area contributed by atoms with Crippen LogP contribution in [0.2, 0.25) is 5.02 Å². The molecule has 3 fully saturated rings. The van der Waals surface area contributed by atoms with Gasteiger partial charge in [-0.15, -0.1) is 0 Å². The number of halogens is 2. The molecule has 1 aliphatic heterocycles. The Morgan fingerprint density at radius 1 is 1.17 bits per heavy atom. The van der Waals surface area contributed by atoms with Crippen molar-refractivity contribution in [1.29, 1.82) is 5.26 Å². The molecule has 2 saturated carbocycles. The molecule has 3 aliphatic rings. The minimum Gasteiger partial charge on any atom is -0.374 e. The van der Waals surface area contributed by atoms with E-state index < -0.39 is 5.82 Å². The second-order valence-electron chi connectivity index (χ2n) is 10.6. The number of anilines is 1. The summed E-state index contributed by atoms with van der Waals surface area (Å²) in [6.07, 6.45) is 11.2. The third-order valence-electron chi connectivity index (χ3n) is 8.21. The standard InChI is InChI=1S/C27H30ClFN6O/c1-16-5-7-17(8-6-16)15-35-26-24(18-11-19(28)14-31-13-18)32-20(12-30)23(29)25(26)33-27(35)34-9-10-36-22-4-2-3-21(22)34/h11,13-14,16-17,21-22H,2-10,15H2,1H3/t16?,17?,21-,22-/m1/s1. The minimum absolute atomic E-state index is 0.178. The van der Waals surface area contributed by atoms with Gasteiger partial charge in [0.25, 0.3) is 0 Å². The Morgan fingerprint density at radius 3 is 2.78 bits per heavy atom. The largest absolute Gasteiger partial charge is 0.374 e. The number of hydrogen-bond donors (Lipinski definition) is 0. The van der Waals surface area contributed by atoms with Gasteiger partial charge in [-0.1, -0.05) is 31.4 Å². The van der Waals surface area contributed by atoms with Gasteiger partial charge in [0.2, 0.25) is 5.95 Å². The first-order valence-electron chi connectivity index (χ1n) is 13.0. The van der Waals surface area contributed by atoms with Crippen molar-refractivity contribution in [1.82, 2.24) is 19.5 Å². The van der Waals surface area contributed by atoms with Crippen LogP contribution in [-0.2, 0) is 11.3 Å². The number of imidazole rings is 1. The maximum atomic E-state index is 15.7. The van der Waals surface area contributed by atoms with Crippen LogP contribution in [0.15, 0.2) is 18.5 Å². The van der Waals surface area contributed by atoms with Gasteiger partial charge >= 0.3 is 0 Å². The molecular formula is C27H30ClFN6O. The van der Waals surface area contributed by atoms with Gasteiger partial charge in [-0.2, -0.15) is 5.26 Å². The smallest absolute Gasteiger partial charge is 0.207 e. The molecule has 188 valence electrons. The maximum absolute atomic E-state index is 15.7. The third-order valence-corrected chi connectivity index (χ3v) is 8.42. The van der Waals surface area contributed by atoms with Crippen LogP contribution < -0.4 is 4.90 Å². The van der Waals surface area contributed by atoms with Crippen LogP contribution in [0, 0.1) is 29.0 Å². The van der Waals surface area contributed by atoms with Crippen molar-refractivity contribution < 1.29 is 9.13 Å². The normalized spacial score (nSPS) is 26.2. The van der Waals surface area contributed by atoms with Crippen LogP contribution in [0.1, 0.15) is 57.6 Å². The lowest BCUT2D eigenvalue weighted by Gasteiger charge is -2.39. The van der Waals surface area contributed by atoms with Gasteiger partial charge in [-0.05, 0) is 50.0 Å². The molecular weight excluding hydrogens is 479 g/mol. The second kappa shape index (κ2) is 9.60. The van der Waals surface area contributed by atoms with Crippen molar-refractivity contribution in [3.8, 4) is 17.3 Å². The van der Waals surface area contributed by atoms with Gasteiger partial charge in [0.15, 0.2) is 11.5 Å². The van der Waals surface area contributed by atoms with Gasteiger partial charge in [-0.3, -0.25) is 4.98 Å². The fourth-order valence-electron chi connectivity index (χ4n) is 6.31. The predicted molar refractivity (Wildman–Crippen MR) is 136 cm³/mol. The highest BCUT2D eigenvalue weighted by Crippen LogP contribution is 2.40. The maximum Gasteiger partial charge on any atom is 0.207 e. The van der Waals surface area contributed by atoms with Gasteiger partial charge in [-0.25, -0.2) is 14.4 Å². The summed E-state index contributed by atoms with van der Waals surface area (Å²) in [4.78, 5) is 15.9. The summed E-state index contributed by atoms with van der Waals surface area (Å²) < 4.78 is 23.9. The number of aromatic nitrogens is 4. The SMILES string of the molecule is CC1CCC(Cn2c(N3CCO[C@@H]4CCC[C@H]43)nc3c(F)c(C#N)nc(-c4cncc(Cl)c4)c32)CC1. The van der Waals surface area contributed by atoms with E-state index >= 15 is 4.39 Å². The van der Waals surface area contributed by atoms with Gasteiger partial charge < -0.3 is 14.2 Å². The summed E-state index contributed by atoms with van der Waals surface area (Å²) in [5, 5.41) is 10.1. The summed E-state index contributed by atoms with van der Waals surface area (Å²) in [6.45, 7) is 4.39. The first kappa shape index (κ1) is 23.6. The van der Waals surface area contributed by atoms with E-state index in [0.717, 1.165) is 50.5 Å². The first-order chi connectivity index (χ1) is 17.5. The Bertz CT molecular complexity index is 1330. The van der Waals surface area contributed by atoms with E-state index in [1.165, 1.54) is 12.8 Å². The molecule has 1 saturated heterocycles. The van der Waals surface area contributed by atoms with Crippen molar-refractivity contribution in [2.45, 2.75) is 70.6 Å². The Hall–Kier alpha value is -2.76. The highest BCUT2D eigenvalue weighted by atomic mass is 35.5. The molecule has 9 heteroatoms. The summed E-state index contributed by atoms with van der Waals surface area (Å²) in [7, 11) is 0. The molecule has 0 unspecified atom stereocenters. The van der Waals surface area contributed by atoms with Crippen LogP contribution in [0.4, 0.5) is 10.3 Å². The molecule has 0 N–H and O–H groups in total. The van der Waals surface area contributed by atoms with Crippen LogP contribution in [0.5, 0.6) is 0 Å². The molecule has 4 heterocycles. The van der Waals surface area contributed by atoms with E-state index in [1.54, 1.807) is 18.5 Å². The van der Waals surface area contributed by atoms with Crippen LogP contribution in [0.25, 0.3) is 22.3 Å². The highest BCUT2D eigenvalue weighted by Gasteiger charge is 2.39. The Labute approximate surface area is 215 Å². The summed E-state index contributed by atoms with van der Waals surface area (Å²) in [6, 6.07) is 3.91. The third kappa shape index (κ3) is 4.12. The van der Waals surface area contributed by atoms with Crippen molar-refractivity contribution in [3.05, 3.63) is 35.0 Å². The highest BCUT2D eigenvalue weighted by molar-refractivity contribution is 6.30. The molecule has 3 aromatic rings. The quantitative estimate of drug-likeness (QED) is 0.447. The predicted octanol–water partition coefficient (Wildman–Crippen LogP) is 5.74. The number of ether oxygens (including phenoxy) is 1. The monoisotopic (exact) mass is 508 g/mol. The number of nitriles is 1. The molecule has 6 rings (SSSR count). The average Bonchev–Trinajstić information content (AvgIpc) is 3.51. The number of rotatable bonds is 4. The lowest BCUT2D eigenvalue weighted by molar-refractivity contribution is 0.0247. The van der Waals surface area contributed by atoms with Gasteiger partial charge in [0.05, 0.1) is 35.0 Å². The van der Waals surface area contributed by atoms with Gasteiger partial charge in [0.1, 0.15) is 11.6 Å². The molecule has 3 aromatic heterocycles. The average molecular weight is 509 g/mol. The number of nitrogens with zero attached hydrogens (tertiary/aromatic N) is 6. The molecule has 0 aromatic carbocycles. The molecule has 36 heavy (non-hydrogen) atoms. The van der Waals surface area contributed by atoms with Crippen molar-refractivity contribution in [2.24, 2.45) is 11.8 Å². The van der Waals surface area contributed by atoms with Crippen LogP contribution >= 0.6 is 11.6 Å². The topological polar surface area (TPSA) is 79.9 Å². The molecule has 0 spiro atoms. The zero-order valence-electron chi connectivity index (χ0n) is 20.5. The molecule has 0 radical (unpaired) electrons. The van der Waals surface area contributed by atoms with E-state index in [2.05, 4.69) is 26.4 Å². The summed E-state index contributed by atoms with van der Waals surface area (Å²) in [5.41, 5.74) is 1.69. The summed E-state index contributed by atoms with van der Waals surface area (Å²) >= 11 is 6.27. The second-order valence-corrected chi connectivity index (χ2v) is 11.0.